The fraction of sp³-hybridized carbons (Fsp3) is 0.368. The topological polar surface area (TPSA) is 58.6 Å². The van der Waals surface area contributed by atoms with Crippen molar-refractivity contribution in [3.63, 3.8) is 0 Å². The molecule has 29 heavy (non-hydrogen) atoms. The van der Waals surface area contributed by atoms with Crippen molar-refractivity contribution >= 4 is 21.6 Å². The Bertz CT molecular complexity index is 950. The number of benzene rings is 2. The van der Waals surface area contributed by atoms with Gasteiger partial charge in [-0.1, -0.05) is 17.7 Å². The summed E-state index contributed by atoms with van der Waals surface area (Å²) in [5.41, 5.74) is 0.149. The zero-order valence-corrected chi connectivity index (χ0v) is 17.1. The Morgan fingerprint density at radius 2 is 1.93 bits per heavy atom. The third kappa shape index (κ3) is 5.29. The van der Waals surface area contributed by atoms with Crippen molar-refractivity contribution in [2.24, 2.45) is 0 Å². The van der Waals surface area contributed by atoms with E-state index in [9.17, 15) is 21.6 Å². The number of hydrogen-bond donors (Lipinski definition) is 1. The van der Waals surface area contributed by atoms with E-state index in [1.807, 2.05) is 11.8 Å². The van der Waals surface area contributed by atoms with Crippen LogP contribution in [0.2, 0.25) is 5.02 Å². The average molecular weight is 449 g/mol. The van der Waals surface area contributed by atoms with Crippen LogP contribution in [0, 0.1) is 17.5 Å². The molecule has 1 saturated heterocycles. The summed E-state index contributed by atoms with van der Waals surface area (Å²) in [6.07, 6.45) is -0.134. The second-order valence-corrected chi connectivity index (χ2v) is 8.96. The van der Waals surface area contributed by atoms with Gasteiger partial charge in [0, 0.05) is 36.3 Å². The van der Waals surface area contributed by atoms with Crippen molar-refractivity contribution in [2.75, 3.05) is 26.2 Å². The normalized spacial score (nSPS) is 19.3. The quantitative estimate of drug-likeness (QED) is 0.735. The van der Waals surface area contributed by atoms with Crippen LogP contribution in [0.1, 0.15) is 18.5 Å². The Kier molecular flexibility index (Phi) is 6.85. The Morgan fingerprint density at radius 1 is 1.24 bits per heavy atom. The van der Waals surface area contributed by atoms with E-state index >= 15 is 0 Å². The predicted octanol–water partition coefficient (Wildman–Crippen LogP) is 3.50. The molecule has 0 amide bonds. The highest BCUT2D eigenvalue weighted by molar-refractivity contribution is 7.89. The number of nitrogens with one attached hydrogen (secondary N) is 1. The van der Waals surface area contributed by atoms with Gasteiger partial charge in [-0.25, -0.2) is 26.3 Å². The molecule has 1 N–H and O–H groups in total. The molecule has 1 heterocycles. The molecule has 2 aromatic carbocycles. The van der Waals surface area contributed by atoms with Crippen LogP contribution >= 0.6 is 11.6 Å². The van der Waals surface area contributed by atoms with Gasteiger partial charge in [-0.05, 0) is 31.2 Å². The van der Waals surface area contributed by atoms with E-state index in [4.69, 9.17) is 16.3 Å². The molecule has 0 radical (unpaired) electrons. The molecular formula is C19H20ClF3N2O3S. The second kappa shape index (κ2) is 9.01. The molecule has 2 unspecified atom stereocenters. The van der Waals surface area contributed by atoms with Crippen molar-refractivity contribution in [1.29, 1.82) is 0 Å². The molecule has 1 fully saturated rings. The number of sulfonamides is 1. The average Bonchev–Trinajstić information content (AvgIpc) is 2.63. The minimum Gasteiger partial charge on any atom is -0.376 e. The molecule has 10 heteroatoms. The van der Waals surface area contributed by atoms with Crippen LogP contribution in [-0.4, -0.2) is 45.7 Å². The van der Waals surface area contributed by atoms with Crippen molar-refractivity contribution in [1.82, 2.24) is 9.62 Å². The van der Waals surface area contributed by atoms with E-state index in [0.717, 1.165) is 0 Å². The summed E-state index contributed by atoms with van der Waals surface area (Å²) in [5.74, 6) is -2.60. The molecule has 5 nitrogen and oxygen atoms in total. The van der Waals surface area contributed by atoms with Gasteiger partial charge in [-0.3, -0.25) is 4.90 Å². The van der Waals surface area contributed by atoms with E-state index in [0.29, 0.717) is 37.9 Å². The van der Waals surface area contributed by atoms with Crippen LogP contribution in [0.15, 0.2) is 41.3 Å². The zero-order valence-electron chi connectivity index (χ0n) is 15.5. The summed E-state index contributed by atoms with van der Waals surface area (Å²) in [5, 5.41) is 0.158. The van der Waals surface area contributed by atoms with E-state index in [2.05, 4.69) is 4.72 Å². The van der Waals surface area contributed by atoms with Gasteiger partial charge in [0.2, 0.25) is 10.0 Å². The molecule has 0 saturated carbocycles. The fourth-order valence-corrected chi connectivity index (χ4v) is 4.70. The number of rotatable bonds is 6. The maximum Gasteiger partial charge on any atom is 0.240 e. The first kappa shape index (κ1) is 22.0. The second-order valence-electron chi connectivity index (χ2n) is 6.78. The summed E-state index contributed by atoms with van der Waals surface area (Å²) >= 11 is 6.21. The number of hydrogen-bond acceptors (Lipinski definition) is 4. The lowest BCUT2D eigenvalue weighted by molar-refractivity contribution is -0.0342. The Hall–Kier alpha value is -1.65. The van der Waals surface area contributed by atoms with Crippen LogP contribution in [0.25, 0.3) is 0 Å². The summed E-state index contributed by atoms with van der Waals surface area (Å²) in [4.78, 5) is 1.32. The van der Waals surface area contributed by atoms with Gasteiger partial charge in [0.05, 0.1) is 23.6 Å². The van der Waals surface area contributed by atoms with Crippen molar-refractivity contribution < 1.29 is 26.3 Å². The van der Waals surface area contributed by atoms with Gasteiger partial charge in [0.15, 0.2) is 0 Å². The minimum atomic E-state index is -4.24. The monoisotopic (exact) mass is 448 g/mol. The Labute approximate surface area is 172 Å². The third-order valence-electron chi connectivity index (χ3n) is 4.66. The molecule has 0 aliphatic carbocycles. The molecule has 0 aromatic heterocycles. The molecule has 0 spiro atoms. The van der Waals surface area contributed by atoms with E-state index in [-0.39, 0.29) is 23.2 Å². The van der Waals surface area contributed by atoms with Crippen LogP contribution in [0.3, 0.4) is 0 Å². The smallest absolute Gasteiger partial charge is 0.240 e. The summed E-state index contributed by atoms with van der Waals surface area (Å²) in [6, 6.07) is 5.50. The maximum atomic E-state index is 14.6. The third-order valence-corrected chi connectivity index (χ3v) is 6.39. The standard InChI is InChI=1S/C19H20ClF3N2O3S/c1-12-11-25(5-6-28-12)18(19-16(20)3-2-4-17(19)23)10-24-29(26,27)15-8-13(21)7-14(22)9-15/h2-4,7-9,12,18,24H,5-6,10-11H2,1H3. The van der Waals surface area contributed by atoms with Crippen LogP contribution in [0.4, 0.5) is 13.2 Å². The molecule has 1 aliphatic heterocycles. The van der Waals surface area contributed by atoms with Gasteiger partial charge >= 0.3 is 0 Å². The number of ether oxygens (including phenoxy) is 1. The minimum absolute atomic E-state index is 0.134. The maximum absolute atomic E-state index is 14.6. The van der Waals surface area contributed by atoms with Gasteiger partial charge in [0.25, 0.3) is 0 Å². The first-order valence-electron chi connectivity index (χ1n) is 8.92. The molecule has 0 bridgehead atoms. The highest BCUT2D eigenvalue weighted by atomic mass is 35.5. The summed E-state index contributed by atoms with van der Waals surface area (Å²) < 4.78 is 74.4. The fourth-order valence-electron chi connectivity index (χ4n) is 3.33. The molecule has 158 valence electrons. The Morgan fingerprint density at radius 3 is 2.55 bits per heavy atom. The van der Waals surface area contributed by atoms with Crippen molar-refractivity contribution in [3.8, 4) is 0 Å². The largest absolute Gasteiger partial charge is 0.376 e. The van der Waals surface area contributed by atoms with E-state index in [1.54, 1.807) is 0 Å². The summed E-state index contributed by atoms with van der Waals surface area (Å²) in [6.45, 7) is 2.88. The molecule has 2 atom stereocenters. The first-order chi connectivity index (χ1) is 13.7. The highest BCUT2D eigenvalue weighted by Gasteiger charge is 2.30. The SMILES string of the molecule is CC1CN(C(CNS(=O)(=O)c2cc(F)cc(F)c2)c2c(F)cccc2Cl)CCO1. The lowest BCUT2D eigenvalue weighted by atomic mass is 10.0. The van der Waals surface area contributed by atoms with Gasteiger partial charge in [0.1, 0.15) is 17.5 Å². The predicted molar refractivity (Wildman–Crippen MR) is 103 cm³/mol. The van der Waals surface area contributed by atoms with Gasteiger partial charge in [-0.2, -0.15) is 0 Å². The lowest BCUT2D eigenvalue weighted by Crippen LogP contribution is -2.46. The molecular weight excluding hydrogens is 429 g/mol. The zero-order chi connectivity index (χ0) is 21.2. The van der Waals surface area contributed by atoms with Crippen LogP contribution < -0.4 is 4.72 Å². The van der Waals surface area contributed by atoms with Gasteiger partial charge < -0.3 is 4.74 Å². The number of nitrogens with zero attached hydrogens (tertiary/aromatic N) is 1. The molecule has 1 aliphatic rings. The number of halogens is 4. The van der Waals surface area contributed by atoms with Crippen molar-refractivity contribution in [2.45, 2.75) is 24.0 Å². The van der Waals surface area contributed by atoms with Crippen molar-refractivity contribution in [3.05, 3.63) is 64.4 Å². The van der Waals surface area contributed by atoms with Crippen LogP contribution in [-0.2, 0) is 14.8 Å². The molecule has 3 rings (SSSR count). The highest BCUT2D eigenvalue weighted by Crippen LogP contribution is 2.31. The van der Waals surface area contributed by atoms with Gasteiger partial charge in [-0.15, -0.1) is 0 Å². The number of morpholine rings is 1. The lowest BCUT2D eigenvalue weighted by Gasteiger charge is -2.38. The molecule has 2 aromatic rings. The van der Waals surface area contributed by atoms with E-state index in [1.165, 1.54) is 18.2 Å². The Balaban J connectivity index is 1.91. The van der Waals surface area contributed by atoms with Crippen LogP contribution in [0.5, 0.6) is 0 Å². The summed E-state index contributed by atoms with van der Waals surface area (Å²) in [7, 11) is -4.24. The first-order valence-corrected chi connectivity index (χ1v) is 10.8. The van der Waals surface area contributed by atoms with E-state index < -0.39 is 38.4 Å².